The fraction of sp³-hybridized carbons (Fsp3) is 0.440. The van der Waals surface area contributed by atoms with E-state index < -0.39 is 0 Å². The molecule has 158 valence electrons. The van der Waals surface area contributed by atoms with Gasteiger partial charge in [0.15, 0.2) is 0 Å². The van der Waals surface area contributed by atoms with Gasteiger partial charge in [-0.15, -0.1) is 0 Å². The Balaban J connectivity index is 1.48. The van der Waals surface area contributed by atoms with Crippen LogP contribution in [-0.2, 0) is 11.3 Å². The molecule has 5 rings (SSSR count). The number of rotatable bonds is 5. The first-order valence-electron chi connectivity index (χ1n) is 10.7. The number of benzene rings is 2. The summed E-state index contributed by atoms with van der Waals surface area (Å²) in [6, 6.07) is 14.6. The summed E-state index contributed by atoms with van der Waals surface area (Å²) < 4.78 is 17.6. The number of furan rings is 1. The molecule has 0 saturated carbocycles. The zero-order chi connectivity index (χ0) is 20.7. The summed E-state index contributed by atoms with van der Waals surface area (Å²) in [5.74, 6) is 2.19. The Bertz CT molecular complexity index is 1040. The Morgan fingerprint density at radius 2 is 2.07 bits per heavy atom. The highest BCUT2D eigenvalue weighted by Gasteiger charge is 2.47. The maximum Gasteiger partial charge on any atom is 0.135 e. The lowest BCUT2D eigenvalue weighted by molar-refractivity contribution is -0.0417. The Morgan fingerprint density at radius 3 is 2.80 bits per heavy atom. The normalized spacial score (nSPS) is 24.3. The SMILES string of the molecule is COc1cc2c(-c3ccccc3)c(C)oc2cc1CN1C[C@@H]2COCC[C@]2(CO)C1. The van der Waals surface area contributed by atoms with Crippen molar-refractivity contribution in [3.63, 3.8) is 0 Å². The van der Waals surface area contributed by atoms with E-state index in [2.05, 4.69) is 29.2 Å². The summed E-state index contributed by atoms with van der Waals surface area (Å²) in [7, 11) is 1.73. The summed E-state index contributed by atoms with van der Waals surface area (Å²) in [5, 5.41) is 11.2. The van der Waals surface area contributed by atoms with Crippen molar-refractivity contribution in [2.75, 3.05) is 40.0 Å². The molecular weight excluding hydrogens is 378 g/mol. The van der Waals surface area contributed by atoms with Crippen molar-refractivity contribution in [3.05, 3.63) is 53.8 Å². The van der Waals surface area contributed by atoms with Crippen molar-refractivity contribution in [3.8, 4) is 16.9 Å². The van der Waals surface area contributed by atoms with Gasteiger partial charge in [-0.3, -0.25) is 4.90 Å². The highest BCUT2D eigenvalue weighted by Crippen LogP contribution is 2.43. The van der Waals surface area contributed by atoms with Gasteiger partial charge in [-0.2, -0.15) is 0 Å². The predicted molar refractivity (Wildman–Crippen MR) is 117 cm³/mol. The third-order valence-electron chi connectivity index (χ3n) is 6.98. The summed E-state index contributed by atoms with van der Waals surface area (Å²) in [6.07, 6.45) is 0.929. The molecule has 5 heteroatoms. The minimum Gasteiger partial charge on any atom is -0.496 e. The Kier molecular flexibility index (Phi) is 5.05. The molecule has 2 saturated heterocycles. The molecule has 0 spiro atoms. The van der Waals surface area contributed by atoms with Crippen LogP contribution in [0.25, 0.3) is 22.1 Å². The number of aliphatic hydroxyl groups is 1. The number of hydrogen-bond donors (Lipinski definition) is 1. The molecule has 2 atom stereocenters. The molecule has 2 fully saturated rings. The van der Waals surface area contributed by atoms with Crippen LogP contribution in [0.2, 0.25) is 0 Å². The molecule has 1 aromatic heterocycles. The first-order chi connectivity index (χ1) is 14.6. The van der Waals surface area contributed by atoms with Crippen LogP contribution in [0.1, 0.15) is 17.7 Å². The molecular formula is C25H29NO4. The van der Waals surface area contributed by atoms with E-state index in [1.54, 1.807) is 7.11 Å². The van der Waals surface area contributed by atoms with Gasteiger partial charge in [-0.25, -0.2) is 0 Å². The monoisotopic (exact) mass is 407 g/mol. The second-order valence-electron chi connectivity index (χ2n) is 8.77. The van der Waals surface area contributed by atoms with Crippen molar-refractivity contribution < 1.29 is 19.0 Å². The smallest absolute Gasteiger partial charge is 0.135 e. The molecule has 0 aliphatic carbocycles. The quantitative estimate of drug-likeness (QED) is 0.685. The lowest BCUT2D eigenvalue weighted by Crippen LogP contribution is -2.41. The number of aryl methyl sites for hydroxylation is 1. The van der Waals surface area contributed by atoms with E-state index in [0.29, 0.717) is 5.92 Å². The largest absolute Gasteiger partial charge is 0.496 e. The Morgan fingerprint density at radius 1 is 1.23 bits per heavy atom. The second-order valence-corrected chi connectivity index (χ2v) is 8.77. The second kappa shape index (κ2) is 7.73. The van der Waals surface area contributed by atoms with Gasteiger partial charge >= 0.3 is 0 Å². The highest BCUT2D eigenvalue weighted by molar-refractivity contribution is 5.97. The van der Waals surface area contributed by atoms with E-state index in [1.165, 1.54) is 0 Å². The van der Waals surface area contributed by atoms with E-state index in [-0.39, 0.29) is 12.0 Å². The average Bonchev–Trinajstić information content (AvgIpc) is 3.30. The van der Waals surface area contributed by atoms with Crippen LogP contribution in [0, 0.1) is 18.3 Å². The van der Waals surface area contributed by atoms with Gasteiger partial charge in [-0.05, 0) is 31.0 Å². The maximum absolute atomic E-state index is 10.1. The molecule has 0 bridgehead atoms. The molecule has 2 aromatic carbocycles. The fourth-order valence-corrected chi connectivity index (χ4v) is 5.34. The van der Waals surface area contributed by atoms with Crippen LogP contribution >= 0.6 is 0 Å². The van der Waals surface area contributed by atoms with E-state index >= 15 is 0 Å². The summed E-state index contributed by atoms with van der Waals surface area (Å²) in [5.41, 5.74) is 4.25. The van der Waals surface area contributed by atoms with Crippen molar-refractivity contribution in [1.29, 1.82) is 0 Å². The zero-order valence-corrected chi connectivity index (χ0v) is 17.7. The first-order valence-corrected chi connectivity index (χ1v) is 10.7. The van der Waals surface area contributed by atoms with E-state index in [0.717, 1.165) is 78.4 Å². The Hall–Kier alpha value is -2.34. The molecule has 1 N–H and O–H groups in total. The number of methoxy groups -OCH3 is 1. The zero-order valence-electron chi connectivity index (χ0n) is 17.7. The number of ether oxygens (including phenoxy) is 2. The number of fused-ring (bicyclic) bond motifs is 2. The van der Waals surface area contributed by atoms with Crippen LogP contribution in [0.3, 0.4) is 0 Å². The van der Waals surface area contributed by atoms with Crippen LogP contribution < -0.4 is 4.74 Å². The van der Waals surface area contributed by atoms with Crippen LogP contribution in [0.4, 0.5) is 0 Å². The van der Waals surface area contributed by atoms with Gasteiger partial charge in [-0.1, -0.05) is 30.3 Å². The fourth-order valence-electron chi connectivity index (χ4n) is 5.34. The Labute approximate surface area is 177 Å². The molecule has 0 unspecified atom stereocenters. The standard InChI is InChI=1S/C25H29NO4/c1-17-24(18-6-4-3-5-7-18)21-11-22(28-2)19(10-23(21)30-17)12-26-13-20-14-29-9-8-25(20,15-26)16-27/h3-7,10-11,20,27H,8-9,12-16H2,1-2H3/t20-,25-/m1/s1. The molecule has 2 aliphatic rings. The number of hydrogen-bond acceptors (Lipinski definition) is 5. The van der Waals surface area contributed by atoms with Crippen molar-refractivity contribution in [2.45, 2.75) is 19.9 Å². The number of aliphatic hydroxyl groups excluding tert-OH is 1. The number of nitrogens with zero attached hydrogens (tertiary/aromatic N) is 1. The van der Waals surface area contributed by atoms with Gasteiger partial charge in [0.2, 0.25) is 0 Å². The van der Waals surface area contributed by atoms with E-state index in [1.807, 2.05) is 25.1 Å². The van der Waals surface area contributed by atoms with E-state index in [9.17, 15) is 5.11 Å². The van der Waals surface area contributed by atoms with Gasteiger partial charge in [0.25, 0.3) is 0 Å². The minimum atomic E-state index is -0.0304. The van der Waals surface area contributed by atoms with Gasteiger partial charge in [0.1, 0.15) is 17.1 Å². The minimum absolute atomic E-state index is 0.0304. The van der Waals surface area contributed by atoms with Crippen LogP contribution in [-0.4, -0.2) is 50.0 Å². The summed E-state index contributed by atoms with van der Waals surface area (Å²) in [4.78, 5) is 2.42. The summed E-state index contributed by atoms with van der Waals surface area (Å²) >= 11 is 0. The van der Waals surface area contributed by atoms with Crippen LogP contribution in [0.15, 0.2) is 46.9 Å². The molecule has 5 nitrogen and oxygen atoms in total. The van der Waals surface area contributed by atoms with Gasteiger partial charge in [0.05, 0.1) is 20.3 Å². The van der Waals surface area contributed by atoms with E-state index in [4.69, 9.17) is 13.9 Å². The summed E-state index contributed by atoms with van der Waals surface area (Å²) in [6.45, 7) is 6.34. The molecule has 0 amide bonds. The van der Waals surface area contributed by atoms with Crippen molar-refractivity contribution in [1.82, 2.24) is 4.90 Å². The highest BCUT2D eigenvalue weighted by atomic mass is 16.5. The molecule has 0 radical (unpaired) electrons. The average molecular weight is 408 g/mol. The lowest BCUT2D eigenvalue weighted by atomic mass is 9.75. The third-order valence-corrected chi connectivity index (χ3v) is 6.98. The predicted octanol–water partition coefficient (Wildman–Crippen LogP) is 4.25. The molecule has 3 aromatic rings. The molecule has 30 heavy (non-hydrogen) atoms. The maximum atomic E-state index is 10.1. The third kappa shape index (κ3) is 3.22. The first kappa shape index (κ1) is 19.6. The van der Waals surface area contributed by atoms with Gasteiger partial charge in [0, 0.05) is 54.1 Å². The van der Waals surface area contributed by atoms with Crippen molar-refractivity contribution in [2.24, 2.45) is 11.3 Å². The molecule has 3 heterocycles. The lowest BCUT2D eigenvalue weighted by Gasteiger charge is -2.36. The topological polar surface area (TPSA) is 55.1 Å². The van der Waals surface area contributed by atoms with Gasteiger partial charge < -0.3 is 19.0 Å². The van der Waals surface area contributed by atoms with Crippen molar-refractivity contribution >= 4 is 11.0 Å². The number of likely N-dealkylation sites (tertiary alicyclic amines) is 1. The van der Waals surface area contributed by atoms with Crippen LogP contribution in [0.5, 0.6) is 5.75 Å². The molecule has 2 aliphatic heterocycles.